The Morgan fingerprint density at radius 1 is 1.22 bits per heavy atom. The van der Waals surface area contributed by atoms with E-state index in [1.807, 2.05) is 19.1 Å². The number of imidazole rings is 1. The Labute approximate surface area is 214 Å². The highest BCUT2D eigenvalue weighted by Crippen LogP contribution is 2.39. The Hall–Kier alpha value is -3.10. The van der Waals surface area contributed by atoms with Crippen LogP contribution in [0.25, 0.3) is 11.0 Å². The van der Waals surface area contributed by atoms with Gasteiger partial charge in [0.1, 0.15) is 5.82 Å². The molecule has 0 radical (unpaired) electrons. The molecule has 3 aromatic rings. The van der Waals surface area contributed by atoms with Crippen LogP contribution in [0.15, 0.2) is 36.4 Å². The number of carboxylic acids is 1. The number of hydrogen-bond donors (Lipinski definition) is 1. The molecule has 2 aliphatic rings. The molecule has 0 spiro atoms. The minimum absolute atomic E-state index is 0.0111. The van der Waals surface area contributed by atoms with Gasteiger partial charge in [-0.15, -0.1) is 0 Å². The molecule has 3 heterocycles. The van der Waals surface area contributed by atoms with E-state index in [0.717, 1.165) is 54.6 Å². The minimum Gasteiger partial charge on any atom is -0.481 e. The number of anilines is 1. The summed E-state index contributed by atoms with van der Waals surface area (Å²) in [7, 11) is 1.39. The number of carbonyl (C=O) groups is 2. The average Bonchev–Trinajstić information content (AvgIpc) is 3.26. The number of methoxy groups -OCH3 is 1. The Morgan fingerprint density at radius 3 is 2.67 bits per heavy atom. The first-order valence-electron chi connectivity index (χ1n) is 12.3. The molecule has 9 heteroatoms. The van der Waals surface area contributed by atoms with E-state index in [0.29, 0.717) is 23.0 Å². The van der Waals surface area contributed by atoms with E-state index in [9.17, 15) is 14.7 Å². The zero-order valence-electron chi connectivity index (χ0n) is 20.4. The van der Waals surface area contributed by atoms with Crippen LogP contribution in [-0.2, 0) is 27.1 Å². The quantitative estimate of drug-likeness (QED) is 0.495. The van der Waals surface area contributed by atoms with E-state index in [1.165, 1.54) is 7.11 Å². The molecular formula is C27H30ClN3O5. The zero-order chi connectivity index (χ0) is 25.4. The Kier molecular flexibility index (Phi) is 6.90. The van der Waals surface area contributed by atoms with Crippen LogP contribution in [0, 0.1) is 0 Å². The molecule has 1 fully saturated rings. The molecule has 1 aromatic heterocycles. The third-order valence-electron chi connectivity index (χ3n) is 7.36. The highest BCUT2D eigenvalue weighted by Gasteiger charge is 2.33. The monoisotopic (exact) mass is 511 g/mol. The van der Waals surface area contributed by atoms with Gasteiger partial charge in [-0.2, -0.15) is 0 Å². The van der Waals surface area contributed by atoms with Crippen LogP contribution in [0.3, 0.4) is 0 Å². The molecule has 36 heavy (non-hydrogen) atoms. The van der Waals surface area contributed by atoms with Crippen LogP contribution < -0.4 is 4.90 Å². The van der Waals surface area contributed by atoms with Crippen molar-refractivity contribution in [2.24, 2.45) is 0 Å². The van der Waals surface area contributed by atoms with E-state index in [-0.39, 0.29) is 18.5 Å². The summed E-state index contributed by atoms with van der Waals surface area (Å²) in [5.74, 6) is -0.979. The van der Waals surface area contributed by atoms with Crippen LogP contribution in [0.1, 0.15) is 55.1 Å². The number of aromatic nitrogens is 2. The number of hydrogen-bond acceptors (Lipinski definition) is 5. The fourth-order valence-electron chi connectivity index (χ4n) is 5.53. The van der Waals surface area contributed by atoms with Crippen molar-refractivity contribution in [3.8, 4) is 0 Å². The van der Waals surface area contributed by atoms with Gasteiger partial charge >= 0.3 is 12.1 Å². The number of carboxylic acid groups (broad SMARTS) is 1. The Bertz CT molecular complexity index is 1280. The van der Waals surface area contributed by atoms with Crippen molar-refractivity contribution in [3.63, 3.8) is 0 Å². The van der Waals surface area contributed by atoms with Crippen molar-refractivity contribution in [2.45, 2.75) is 57.0 Å². The van der Waals surface area contributed by atoms with E-state index >= 15 is 0 Å². The third-order valence-corrected chi connectivity index (χ3v) is 7.61. The number of aryl methyl sites for hydroxylation is 1. The van der Waals surface area contributed by atoms with Crippen molar-refractivity contribution in [3.05, 3.63) is 58.4 Å². The number of fused-ring (bicyclic) bond motifs is 3. The van der Waals surface area contributed by atoms with Crippen molar-refractivity contribution in [1.29, 1.82) is 0 Å². The fourth-order valence-corrected chi connectivity index (χ4v) is 5.65. The summed E-state index contributed by atoms with van der Waals surface area (Å²) in [5, 5.41) is 10.7. The maximum absolute atomic E-state index is 12.6. The SMILES string of the molecule is COC(=O)N1c2ccc3c(nc(CC(C(=O)O)c4ccc(Cl)cc4)n3[C@H]3CCCOC3)c2CC[C@@H]1C. The topological polar surface area (TPSA) is 93.9 Å². The Balaban J connectivity index is 1.64. The van der Waals surface area contributed by atoms with Crippen molar-refractivity contribution in [2.75, 3.05) is 25.2 Å². The number of amides is 1. The van der Waals surface area contributed by atoms with Gasteiger partial charge in [-0.25, -0.2) is 9.78 Å². The molecule has 2 aliphatic heterocycles. The number of nitrogens with zero attached hydrogens (tertiary/aromatic N) is 3. The second kappa shape index (κ2) is 10.1. The molecule has 0 aliphatic carbocycles. The molecule has 2 aromatic carbocycles. The lowest BCUT2D eigenvalue weighted by molar-refractivity contribution is -0.138. The predicted octanol–water partition coefficient (Wildman–Crippen LogP) is 5.36. The summed E-state index contributed by atoms with van der Waals surface area (Å²) in [4.78, 5) is 31.7. The molecule has 1 amide bonds. The van der Waals surface area contributed by atoms with Crippen LogP contribution in [0.5, 0.6) is 0 Å². The number of aliphatic carboxylic acids is 1. The number of halogens is 1. The summed E-state index contributed by atoms with van der Waals surface area (Å²) >= 11 is 6.04. The first-order valence-corrected chi connectivity index (χ1v) is 12.7. The standard InChI is InChI=1S/C27H30ClN3O5/c1-16-5-10-20-22(30(16)27(34)35-2)11-12-23-25(20)29-24(31(23)19-4-3-13-36-15-19)14-21(26(32)33)17-6-8-18(28)9-7-17/h6-9,11-12,16,19,21H,3-5,10,13-15H2,1-2H3,(H,32,33)/t16-,19-,21?/m0/s1. The van der Waals surface area contributed by atoms with Gasteiger partial charge in [-0.1, -0.05) is 23.7 Å². The van der Waals surface area contributed by atoms with Gasteiger partial charge in [0.05, 0.1) is 42.4 Å². The smallest absolute Gasteiger partial charge is 0.414 e. The zero-order valence-corrected chi connectivity index (χ0v) is 21.2. The number of rotatable bonds is 5. The maximum Gasteiger partial charge on any atom is 0.414 e. The van der Waals surface area contributed by atoms with Crippen LogP contribution in [0.2, 0.25) is 5.02 Å². The van der Waals surface area contributed by atoms with Gasteiger partial charge in [0.2, 0.25) is 0 Å². The summed E-state index contributed by atoms with van der Waals surface area (Å²) in [5.41, 5.74) is 4.23. The summed E-state index contributed by atoms with van der Waals surface area (Å²) in [6, 6.07) is 11.0. The highest BCUT2D eigenvalue weighted by atomic mass is 35.5. The lowest BCUT2D eigenvalue weighted by Crippen LogP contribution is -2.42. The molecule has 8 nitrogen and oxygen atoms in total. The number of ether oxygens (including phenoxy) is 2. The molecule has 190 valence electrons. The van der Waals surface area contributed by atoms with Crippen LogP contribution in [0.4, 0.5) is 10.5 Å². The lowest BCUT2D eigenvalue weighted by atomic mass is 9.95. The normalized spacial score (nSPS) is 20.7. The first kappa shape index (κ1) is 24.6. The van der Waals surface area contributed by atoms with Gasteiger partial charge in [0.15, 0.2) is 0 Å². The van der Waals surface area contributed by atoms with Crippen LogP contribution >= 0.6 is 11.6 Å². The molecule has 0 saturated carbocycles. The third kappa shape index (κ3) is 4.44. The van der Waals surface area contributed by atoms with Gasteiger partial charge in [-0.05, 0) is 62.4 Å². The highest BCUT2D eigenvalue weighted by molar-refractivity contribution is 6.30. The van der Waals surface area contributed by atoms with Crippen molar-refractivity contribution in [1.82, 2.24) is 9.55 Å². The first-order chi connectivity index (χ1) is 17.4. The second-order valence-electron chi connectivity index (χ2n) is 9.57. The number of carbonyl (C=O) groups excluding carboxylic acids is 1. The molecule has 1 saturated heterocycles. The van der Waals surface area contributed by atoms with Gasteiger partial charge in [0, 0.05) is 29.7 Å². The maximum atomic E-state index is 12.6. The van der Waals surface area contributed by atoms with Gasteiger partial charge < -0.3 is 19.1 Å². The Morgan fingerprint density at radius 2 is 2.00 bits per heavy atom. The molecular weight excluding hydrogens is 482 g/mol. The predicted molar refractivity (Wildman–Crippen MR) is 137 cm³/mol. The summed E-state index contributed by atoms with van der Waals surface area (Å²) in [6.07, 6.45) is 3.27. The largest absolute Gasteiger partial charge is 0.481 e. The van der Waals surface area contributed by atoms with Gasteiger partial charge in [0.25, 0.3) is 0 Å². The fraction of sp³-hybridized carbons (Fsp3) is 0.444. The molecule has 1 unspecified atom stereocenters. The van der Waals surface area contributed by atoms with E-state index in [4.69, 9.17) is 26.1 Å². The second-order valence-corrected chi connectivity index (χ2v) is 10.0. The van der Waals surface area contributed by atoms with Crippen molar-refractivity contribution < 1.29 is 24.2 Å². The summed E-state index contributed by atoms with van der Waals surface area (Å²) < 4.78 is 13.0. The molecule has 5 rings (SSSR count). The van der Waals surface area contributed by atoms with E-state index < -0.39 is 18.0 Å². The lowest BCUT2D eigenvalue weighted by Gasteiger charge is -2.34. The summed E-state index contributed by atoms with van der Waals surface area (Å²) in [6.45, 7) is 3.29. The van der Waals surface area contributed by atoms with Crippen molar-refractivity contribution >= 4 is 40.4 Å². The molecule has 1 N–H and O–H groups in total. The van der Waals surface area contributed by atoms with Gasteiger partial charge in [-0.3, -0.25) is 9.69 Å². The number of benzene rings is 2. The molecule has 0 bridgehead atoms. The average molecular weight is 512 g/mol. The van der Waals surface area contributed by atoms with E-state index in [1.54, 1.807) is 29.2 Å². The minimum atomic E-state index is -0.913. The van der Waals surface area contributed by atoms with E-state index in [2.05, 4.69) is 4.57 Å². The molecule has 3 atom stereocenters. The van der Waals surface area contributed by atoms with Crippen LogP contribution in [-0.4, -0.2) is 53.1 Å².